The summed E-state index contributed by atoms with van der Waals surface area (Å²) in [6, 6.07) is 10.5. The summed E-state index contributed by atoms with van der Waals surface area (Å²) >= 11 is 0. The van der Waals surface area contributed by atoms with E-state index >= 15 is 0 Å². The van der Waals surface area contributed by atoms with Crippen LogP contribution in [0.15, 0.2) is 47.5 Å². The molecule has 1 aromatic rings. The van der Waals surface area contributed by atoms with Crippen LogP contribution < -0.4 is 0 Å². The second-order valence-corrected chi connectivity index (χ2v) is 4.89. The van der Waals surface area contributed by atoms with Gasteiger partial charge in [-0.3, -0.25) is 0 Å². The second-order valence-electron chi connectivity index (χ2n) is 4.89. The van der Waals surface area contributed by atoms with E-state index in [2.05, 4.69) is 30.6 Å². The second kappa shape index (κ2) is 4.36. The molecule has 0 amide bonds. The van der Waals surface area contributed by atoms with Crippen molar-refractivity contribution in [1.82, 2.24) is 0 Å². The molecule has 0 saturated heterocycles. The minimum absolute atomic E-state index is 0.173. The van der Waals surface area contributed by atoms with Crippen LogP contribution in [0.1, 0.15) is 38.8 Å². The van der Waals surface area contributed by atoms with Crippen molar-refractivity contribution in [2.24, 2.45) is 4.99 Å². The van der Waals surface area contributed by atoms with E-state index in [0.29, 0.717) is 0 Å². The zero-order valence-corrected chi connectivity index (χ0v) is 10.7. The fraction of sp³-hybridized carbons (Fsp3) is 0.400. The van der Waals surface area contributed by atoms with Gasteiger partial charge in [0.1, 0.15) is 5.60 Å². The van der Waals surface area contributed by atoms with E-state index in [4.69, 9.17) is 4.74 Å². The fourth-order valence-corrected chi connectivity index (χ4v) is 2.16. The lowest BCUT2D eigenvalue weighted by Crippen LogP contribution is -2.37. The normalized spacial score (nSPS) is 28.2. The third-order valence-electron chi connectivity index (χ3n) is 3.38. The molecule has 0 saturated carbocycles. The number of rotatable bonds is 2. The van der Waals surface area contributed by atoms with Gasteiger partial charge in [-0.1, -0.05) is 36.9 Å². The lowest BCUT2D eigenvalue weighted by molar-refractivity contribution is 0.0783. The van der Waals surface area contributed by atoms with E-state index in [-0.39, 0.29) is 11.6 Å². The molecular formula is C15H19NO. The van der Waals surface area contributed by atoms with E-state index in [1.807, 2.05) is 32.0 Å². The highest BCUT2D eigenvalue weighted by molar-refractivity contribution is 5.75. The summed E-state index contributed by atoms with van der Waals surface area (Å²) in [6.45, 7) is 10.0. The van der Waals surface area contributed by atoms with Crippen LogP contribution in [0.4, 0.5) is 0 Å². The lowest BCUT2D eigenvalue weighted by Gasteiger charge is -2.37. The molecule has 2 unspecified atom stereocenters. The highest BCUT2D eigenvalue weighted by Crippen LogP contribution is 2.37. The van der Waals surface area contributed by atoms with Crippen LogP contribution in [0.25, 0.3) is 0 Å². The first-order valence-corrected chi connectivity index (χ1v) is 5.95. The van der Waals surface area contributed by atoms with Gasteiger partial charge in [-0.25, -0.2) is 4.99 Å². The summed E-state index contributed by atoms with van der Waals surface area (Å²) in [5.74, 6) is 0.746. The molecule has 0 aliphatic carbocycles. The van der Waals surface area contributed by atoms with Crippen molar-refractivity contribution in [2.75, 3.05) is 0 Å². The Balaban J connectivity index is 2.32. The van der Waals surface area contributed by atoms with Gasteiger partial charge in [0.25, 0.3) is 0 Å². The van der Waals surface area contributed by atoms with Gasteiger partial charge in [-0.05, 0) is 25.0 Å². The Morgan fingerprint density at radius 3 is 2.65 bits per heavy atom. The van der Waals surface area contributed by atoms with Crippen LogP contribution >= 0.6 is 0 Å². The molecule has 1 aromatic carbocycles. The van der Waals surface area contributed by atoms with Crippen molar-refractivity contribution in [3.05, 3.63) is 48.0 Å². The van der Waals surface area contributed by atoms with Crippen LogP contribution in [0.5, 0.6) is 0 Å². The van der Waals surface area contributed by atoms with Crippen LogP contribution in [0.3, 0.4) is 0 Å². The molecule has 1 heterocycles. The monoisotopic (exact) mass is 229 g/mol. The van der Waals surface area contributed by atoms with Crippen LogP contribution in [0.2, 0.25) is 0 Å². The Hall–Kier alpha value is -1.57. The lowest BCUT2D eigenvalue weighted by atomic mass is 9.87. The Kier molecular flexibility index (Phi) is 3.05. The van der Waals surface area contributed by atoms with Crippen LogP contribution in [-0.4, -0.2) is 11.5 Å². The van der Waals surface area contributed by atoms with E-state index in [1.165, 1.54) is 5.56 Å². The van der Waals surface area contributed by atoms with Gasteiger partial charge in [-0.2, -0.15) is 0 Å². The molecule has 1 aliphatic rings. The van der Waals surface area contributed by atoms with Gasteiger partial charge >= 0.3 is 0 Å². The third-order valence-corrected chi connectivity index (χ3v) is 3.38. The number of hydrogen-bond donors (Lipinski definition) is 0. The Labute approximate surface area is 103 Å². The van der Waals surface area contributed by atoms with Gasteiger partial charge in [0.15, 0.2) is 5.90 Å². The topological polar surface area (TPSA) is 21.6 Å². The molecule has 2 heteroatoms. The van der Waals surface area contributed by atoms with Gasteiger partial charge in [0, 0.05) is 13.3 Å². The molecule has 2 atom stereocenters. The number of aliphatic imine (C=N–C) groups is 1. The van der Waals surface area contributed by atoms with E-state index in [0.717, 1.165) is 17.9 Å². The molecule has 17 heavy (non-hydrogen) atoms. The standard InChI is InChI=1S/C15H19NO/c1-11(2)15(4)10-14(16-12(3)17-15)13-8-6-5-7-9-13/h5-9,14H,1,10H2,2-4H3. The van der Waals surface area contributed by atoms with Crippen molar-refractivity contribution in [2.45, 2.75) is 38.8 Å². The maximum Gasteiger partial charge on any atom is 0.181 e. The maximum atomic E-state index is 5.84. The Morgan fingerprint density at radius 2 is 2.06 bits per heavy atom. The summed E-state index contributed by atoms with van der Waals surface area (Å²) in [7, 11) is 0. The molecule has 2 rings (SSSR count). The predicted molar refractivity (Wildman–Crippen MR) is 71.2 cm³/mol. The summed E-state index contributed by atoms with van der Waals surface area (Å²) < 4.78 is 5.84. The Bertz CT molecular complexity index is 449. The summed E-state index contributed by atoms with van der Waals surface area (Å²) in [6.07, 6.45) is 0.851. The van der Waals surface area contributed by atoms with E-state index in [9.17, 15) is 0 Å². The molecule has 1 aliphatic heterocycles. The molecule has 0 spiro atoms. The highest BCUT2D eigenvalue weighted by Gasteiger charge is 2.35. The van der Waals surface area contributed by atoms with E-state index < -0.39 is 0 Å². The highest BCUT2D eigenvalue weighted by atomic mass is 16.5. The average Bonchev–Trinajstić information content (AvgIpc) is 2.29. The third kappa shape index (κ3) is 2.41. The molecule has 0 radical (unpaired) electrons. The molecule has 2 nitrogen and oxygen atoms in total. The van der Waals surface area contributed by atoms with Gasteiger partial charge < -0.3 is 4.74 Å². The van der Waals surface area contributed by atoms with Crippen molar-refractivity contribution >= 4 is 5.90 Å². The van der Waals surface area contributed by atoms with Crippen LogP contribution in [-0.2, 0) is 4.74 Å². The fourth-order valence-electron chi connectivity index (χ4n) is 2.16. The SMILES string of the molecule is C=C(C)C1(C)CC(c2ccccc2)N=C(C)O1. The maximum absolute atomic E-state index is 5.84. The summed E-state index contributed by atoms with van der Waals surface area (Å²) in [5, 5.41) is 0. The largest absolute Gasteiger partial charge is 0.471 e. The first-order valence-electron chi connectivity index (χ1n) is 5.95. The molecule has 0 N–H and O–H groups in total. The Morgan fingerprint density at radius 1 is 1.41 bits per heavy atom. The summed E-state index contributed by atoms with van der Waals surface area (Å²) in [5.41, 5.74) is 1.99. The zero-order chi connectivity index (χ0) is 12.5. The van der Waals surface area contributed by atoms with Gasteiger partial charge in [-0.15, -0.1) is 0 Å². The first-order chi connectivity index (χ1) is 8.01. The van der Waals surface area contributed by atoms with E-state index in [1.54, 1.807) is 0 Å². The minimum atomic E-state index is -0.299. The minimum Gasteiger partial charge on any atom is -0.471 e. The first kappa shape index (κ1) is 11.9. The van der Waals surface area contributed by atoms with Crippen molar-refractivity contribution in [1.29, 1.82) is 0 Å². The smallest absolute Gasteiger partial charge is 0.181 e. The van der Waals surface area contributed by atoms with Crippen LogP contribution in [0, 0.1) is 0 Å². The number of benzene rings is 1. The van der Waals surface area contributed by atoms with Crippen molar-refractivity contribution in [3.63, 3.8) is 0 Å². The molecular weight excluding hydrogens is 210 g/mol. The van der Waals surface area contributed by atoms with Crippen molar-refractivity contribution in [3.8, 4) is 0 Å². The summed E-state index contributed by atoms with van der Waals surface area (Å²) in [4.78, 5) is 4.58. The number of ether oxygens (including phenoxy) is 1. The predicted octanol–water partition coefficient (Wildman–Crippen LogP) is 3.90. The van der Waals surface area contributed by atoms with Crippen molar-refractivity contribution < 1.29 is 4.74 Å². The quantitative estimate of drug-likeness (QED) is 0.705. The average molecular weight is 229 g/mol. The molecule has 0 fully saturated rings. The molecule has 0 aromatic heterocycles. The molecule has 0 bridgehead atoms. The zero-order valence-electron chi connectivity index (χ0n) is 10.7. The number of hydrogen-bond acceptors (Lipinski definition) is 2. The van der Waals surface area contributed by atoms with Gasteiger partial charge in [0.05, 0.1) is 6.04 Å². The molecule has 90 valence electrons. The number of nitrogens with zero attached hydrogens (tertiary/aromatic N) is 1. The van der Waals surface area contributed by atoms with Gasteiger partial charge in [0.2, 0.25) is 0 Å².